The van der Waals surface area contributed by atoms with Crippen molar-refractivity contribution in [3.05, 3.63) is 59.7 Å². The molecule has 168 valence electrons. The third-order valence-corrected chi connectivity index (χ3v) is 3.77. The SMILES string of the molecule is C.Cc1cccc(N(C[C@@H](O)C(F)(F)F)Oc2cccc(C(F)(F)C(F)(F)F)c2)c1. The topological polar surface area (TPSA) is 32.7 Å². The monoisotopic (exact) mass is 445 g/mol. The molecule has 0 aliphatic rings. The molecule has 1 atom stereocenters. The van der Waals surface area contributed by atoms with Gasteiger partial charge in [0.2, 0.25) is 0 Å². The van der Waals surface area contributed by atoms with Gasteiger partial charge >= 0.3 is 18.3 Å². The molecule has 0 aliphatic heterocycles. The van der Waals surface area contributed by atoms with E-state index in [1.807, 2.05) is 0 Å². The number of benzene rings is 2. The normalized spacial score (nSPS) is 13.4. The fourth-order valence-corrected chi connectivity index (χ4v) is 2.28. The highest BCUT2D eigenvalue weighted by molar-refractivity contribution is 5.47. The lowest BCUT2D eigenvalue weighted by Gasteiger charge is -2.28. The summed E-state index contributed by atoms with van der Waals surface area (Å²) in [5, 5.41) is 9.91. The maximum absolute atomic E-state index is 13.5. The number of rotatable bonds is 6. The molecule has 0 unspecified atom stereocenters. The van der Waals surface area contributed by atoms with Crippen molar-refractivity contribution >= 4 is 5.69 Å². The summed E-state index contributed by atoms with van der Waals surface area (Å²) in [6.45, 7) is 0.471. The van der Waals surface area contributed by atoms with E-state index in [9.17, 15) is 40.2 Å². The lowest BCUT2D eigenvalue weighted by molar-refractivity contribution is -0.289. The Hall–Kier alpha value is -2.56. The number of hydrogen-bond donors (Lipinski definition) is 1. The molecule has 1 N–H and O–H groups in total. The molecule has 11 heteroatoms. The Bertz CT molecular complexity index is 836. The van der Waals surface area contributed by atoms with Crippen LogP contribution in [0.15, 0.2) is 48.5 Å². The average Bonchev–Trinajstić information content (AvgIpc) is 2.59. The largest absolute Gasteiger partial charge is 0.458 e. The second-order valence-electron chi connectivity index (χ2n) is 6.15. The van der Waals surface area contributed by atoms with Gasteiger partial charge in [0.1, 0.15) is 0 Å². The lowest BCUT2D eigenvalue weighted by atomic mass is 10.1. The fourth-order valence-electron chi connectivity index (χ4n) is 2.28. The third-order valence-electron chi connectivity index (χ3n) is 3.77. The van der Waals surface area contributed by atoms with Crippen molar-refractivity contribution in [2.24, 2.45) is 0 Å². The molecule has 0 fully saturated rings. The Morgan fingerprint density at radius 2 is 1.53 bits per heavy atom. The van der Waals surface area contributed by atoms with Gasteiger partial charge in [0, 0.05) is 5.56 Å². The van der Waals surface area contributed by atoms with Gasteiger partial charge in [-0.25, -0.2) is 5.06 Å². The van der Waals surface area contributed by atoms with Gasteiger partial charge in [0.15, 0.2) is 11.9 Å². The molecular weight excluding hydrogens is 426 g/mol. The minimum atomic E-state index is -5.87. The first-order chi connectivity index (χ1) is 13.2. The average molecular weight is 445 g/mol. The predicted molar refractivity (Wildman–Crippen MR) is 94.3 cm³/mol. The van der Waals surface area contributed by atoms with Crippen LogP contribution in [-0.4, -0.2) is 30.1 Å². The number of alkyl halides is 8. The quantitative estimate of drug-likeness (QED) is 0.437. The molecule has 0 heterocycles. The Labute approximate surface area is 167 Å². The number of nitrogens with zero attached hydrogens (tertiary/aromatic N) is 1. The number of halogens is 8. The van der Waals surface area contributed by atoms with E-state index in [2.05, 4.69) is 0 Å². The number of anilines is 1. The van der Waals surface area contributed by atoms with Gasteiger partial charge in [-0.15, -0.1) is 0 Å². The van der Waals surface area contributed by atoms with Crippen molar-refractivity contribution in [1.82, 2.24) is 0 Å². The smallest absolute Gasteiger partial charge is 0.382 e. The number of aliphatic hydroxyl groups is 1. The molecule has 3 nitrogen and oxygen atoms in total. The number of aliphatic hydroxyl groups excluding tert-OH is 1. The molecule has 2 aromatic rings. The van der Waals surface area contributed by atoms with Crippen LogP contribution in [0.4, 0.5) is 40.8 Å². The molecule has 0 amide bonds. The minimum absolute atomic E-state index is 0. The summed E-state index contributed by atoms with van der Waals surface area (Å²) >= 11 is 0. The van der Waals surface area contributed by atoms with E-state index < -0.39 is 42.2 Å². The first kappa shape index (κ1) is 25.5. The van der Waals surface area contributed by atoms with Gasteiger partial charge < -0.3 is 9.94 Å². The number of aryl methyl sites for hydroxylation is 1. The van der Waals surface area contributed by atoms with Crippen LogP contribution < -0.4 is 9.90 Å². The van der Waals surface area contributed by atoms with E-state index in [1.165, 1.54) is 18.2 Å². The fraction of sp³-hybridized carbons (Fsp3) is 0.368. The van der Waals surface area contributed by atoms with Gasteiger partial charge in [-0.3, -0.25) is 0 Å². The van der Waals surface area contributed by atoms with Crippen LogP contribution in [0.2, 0.25) is 0 Å². The van der Waals surface area contributed by atoms with Crippen LogP contribution in [0.3, 0.4) is 0 Å². The summed E-state index contributed by atoms with van der Waals surface area (Å²) in [4.78, 5) is 5.14. The van der Waals surface area contributed by atoms with Crippen molar-refractivity contribution in [3.8, 4) is 5.75 Å². The molecule has 0 bridgehead atoms. The van der Waals surface area contributed by atoms with Crippen LogP contribution in [0, 0.1) is 6.92 Å². The molecule has 0 aromatic heterocycles. The zero-order valence-electron chi connectivity index (χ0n) is 14.7. The molecule has 30 heavy (non-hydrogen) atoms. The molecule has 2 aromatic carbocycles. The van der Waals surface area contributed by atoms with Crippen LogP contribution in [-0.2, 0) is 5.92 Å². The summed E-state index contributed by atoms with van der Waals surface area (Å²) in [5.74, 6) is -5.76. The van der Waals surface area contributed by atoms with Crippen LogP contribution in [0.5, 0.6) is 5.75 Å². The van der Waals surface area contributed by atoms with E-state index in [4.69, 9.17) is 4.84 Å². The van der Waals surface area contributed by atoms with Crippen LogP contribution >= 0.6 is 0 Å². The summed E-state index contributed by atoms with van der Waals surface area (Å²) in [6.07, 6.45) is -13.7. The molecule has 0 radical (unpaired) electrons. The Balaban J connectivity index is 0.00000450. The molecule has 0 aliphatic carbocycles. The van der Waals surface area contributed by atoms with E-state index in [0.29, 0.717) is 22.8 Å². The Morgan fingerprint density at radius 1 is 0.933 bits per heavy atom. The highest BCUT2D eigenvalue weighted by Gasteiger charge is 2.58. The highest BCUT2D eigenvalue weighted by Crippen LogP contribution is 2.44. The first-order valence-electron chi connectivity index (χ1n) is 8.04. The lowest BCUT2D eigenvalue weighted by Crippen LogP contribution is -2.42. The zero-order valence-corrected chi connectivity index (χ0v) is 14.7. The molecule has 0 spiro atoms. The summed E-state index contributed by atoms with van der Waals surface area (Å²) in [5.41, 5.74) is -0.806. The minimum Gasteiger partial charge on any atom is -0.382 e. The van der Waals surface area contributed by atoms with Crippen molar-refractivity contribution < 1.29 is 45.1 Å². The Kier molecular flexibility index (Phi) is 7.70. The highest BCUT2D eigenvalue weighted by atomic mass is 19.4. The predicted octanol–water partition coefficient (Wildman–Crippen LogP) is 6.01. The standard InChI is InChI=1S/C18H15F8NO2.CH4/c1-11-4-2-6-13(8-11)27(10-15(28)17(21,22)23)29-14-7-3-5-12(9-14)16(19,20)18(24,25)26;/h2-9,15,28H,10H2,1H3;1H4/t15-;/m1./s1. The van der Waals surface area contributed by atoms with Gasteiger partial charge in [0.05, 0.1) is 12.2 Å². The zero-order chi connectivity index (χ0) is 22.0. The Morgan fingerprint density at radius 3 is 2.07 bits per heavy atom. The second-order valence-corrected chi connectivity index (χ2v) is 6.15. The van der Waals surface area contributed by atoms with Crippen LogP contribution in [0.25, 0.3) is 0 Å². The van der Waals surface area contributed by atoms with Gasteiger partial charge in [-0.2, -0.15) is 35.1 Å². The van der Waals surface area contributed by atoms with Gasteiger partial charge in [-0.1, -0.05) is 31.7 Å². The maximum Gasteiger partial charge on any atom is 0.458 e. The number of hydroxylamine groups is 1. The van der Waals surface area contributed by atoms with Crippen molar-refractivity contribution in [1.29, 1.82) is 0 Å². The summed E-state index contributed by atoms with van der Waals surface area (Å²) in [7, 11) is 0. The third kappa shape index (κ3) is 5.97. The van der Waals surface area contributed by atoms with E-state index >= 15 is 0 Å². The number of hydrogen-bond acceptors (Lipinski definition) is 3. The molecule has 0 saturated heterocycles. The van der Waals surface area contributed by atoms with E-state index in [0.717, 1.165) is 12.1 Å². The first-order valence-corrected chi connectivity index (χ1v) is 8.04. The van der Waals surface area contributed by atoms with Crippen molar-refractivity contribution in [2.75, 3.05) is 11.6 Å². The van der Waals surface area contributed by atoms with Crippen LogP contribution in [0.1, 0.15) is 18.6 Å². The summed E-state index contributed by atoms with van der Waals surface area (Å²) in [6, 6.07) is 8.53. The maximum atomic E-state index is 13.5. The van der Waals surface area contributed by atoms with E-state index in [-0.39, 0.29) is 13.1 Å². The van der Waals surface area contributed by atoms with E-state index in [1.54, 1.807) is 13.0 Å². The summed E-state index contributed by atoms with van der Waals surface area (Å²) < 4.78 is 103. The van der Waals surface area contributed by atoms with Gasteiger partial charge in [0.25, 0.3) is 0 Å². The van der Waals surface area contributed by atoms with Crippen molar-refractivity contribution in [3.63, 3.8) is 0 Å². The van der Waals surface area contributed by atoms with Gasteiger partial charge in [-0.05, 0) is 36.8 Å². The molecule has 0 saturated carbocycles. The second kappa shape index (κ2) is 9.07. The molecular formula is C19H19F8NO2. The van der Waals surface area contributed by atoms with Crippen molar-refractivity contribution in [2.45, 2.75) is 38.7 Å². The molecule has 2 rings (SSSR count).